The third kappa shape index (κ3) is 1.12. The van der Waals surface area contributed by atoms with Gasteiger partial charge in [-0.25, -0.2) is 0 Å². The van der Waals surface area contributed by atoms with Gasteiger partial charge in [-0.05, 0) is 49.6 Å². The van der Waals surface area contributed by atoms with Crippen molar-refractivity contribution in [1.82, 2.24) is 0 Å². The second-order valence-electron chi connectivity index (χ2n) is 3.70. The van der Waals surface area contributed by atoms with Gasteiger partial charge in [0, 0.05) is 5.56 Å². The lowest BCUT2D eigenvalue weighted by Crippen LogP contribution is -1.97. The molecule has 0 bridgehead atoms. The molecule has 0 heterocycles. The Morgan fingerprint density at radius 1 is 1.08 bits per heavy atom. The number of carbonyl (C=O) groups is 1. The van der Waals surface area contributed by atoms with Crippen LogP contribution in [0, 0.1) is 13.8 Å². The fourth-order valence-corrected chi connectivity index (χ4v) is 1.85. The van der Waals surface area contributed by atoms with Gasteiger partial charge in [0.1, 0.15) is 0 Å². The number of aryl methyl sites for hydroxylation is 2. The van der Waals surface area contributed by atoms with Crippen LogP contribution in [-0.2, 0) is 0 Å². The zero-order valence-electron chi connectivity index (χ0n) is 8.14. The maximum absolute atomic E-state index is 11.6. The van der Waals surface area contributed by atoms with Crippen LogP contribution in [0.5, 0.6) is 0 Å². The van der Waals surface area contributed by atoms with Crippen LogP contribution < -0.4 is 0 Å². The molecule has 1 heteroatoms. The third-order valence-electron chi connectivity index (χ3n) is 2.49. The molecule has 0 amide bonds. The quantitative estimate of drug-likeness (QED) is 0.588. The van der Waals surface area contributed by atoms with Crippen molar-refractivity contribution in [2.75, 3.05) is 0 Å². The molecule has 0 aliphatic heterocycles. The number of allylic oxidation sites excluding steroid dienone is 1. The molecule has 0 atom stereocenters. The summed E-state index contributed by atoms with van der Waals surface area (Å²) in [6.07, 6.45) is 1.98. The highest BCUT2D eigenvalue weighted by molar-refractivity contribution is 6.17. The molecule has 0 radical (unpaired) electrons. The molecule has 0 aromatic heterocycles. The van der Waals surface area contributed by atoms with Crippen molar-refractivity contribution < 1.29 is 4.79 Å². The number of hydrogen-bond donors (Lipinski definition) is 0. The zero-order valence-corrected chi connectivity index (χ0v) is 8.14. The van der Waals surface area contributed by atoms with E-state index in [9.17, 15) is 4.79 Å². The summed E-state index contributed by atoms with van der Waals surface area (Å²) in [5.74, 6) is 0.182. The van der Waals surface area contributed by atoms with Gasteiger partial charge in [0.2, 0.25) is 0 Å². The van der Waals surface area contributed by atoms with E-state index in [4.69, 9.17) is 0 Å². The van der Waals surface area contributed by atoms with Crippen molar-refractivity contribution in [3.63, 3.8) is 0 Å². The number of carbonyl (C=O) groups excluding carboxylic acids is 1. The monoisotopic (exact) mass is 172 g/mol. The average Bonchev–Trinajstić information content (AvgIpc) is 2.32. The SMILES string of the molecule is CC1=Cc2c(C)cc(C)cc2C1=O. The Labute approximate surface area is 78.1 Å². The maximum atomic E-state index is 11.6. The minimum Gasteiger partial charge on any atom is -0.289 e. The van der Waals surface area contributed by atoms with E-state index >= 15 is 0 Å². The van der Waals surface area contributed by atoms with Gasteiger partial charge in [-0.2, -0.15) is 0 Å². The third-order valence-corrected chi connectivity index (χ3v) is 2.49. The van der Waals surface area contributed by atoms with E-state index in [1.54, 1.807) is 0 Å². The average molecular weight is 172 g/mol. The molecule has 1 aliphatic carbocycles. The summed E-state index contributed by atoms with van der Waals surface area (Å²) in [6.45, 7) is 5.94. The highest BCUT2D eigenvalue weighted by Crippen LogP contribution is 2.28. The lowest BCUT2D eigenvalue weighted by atomic mass is 10.0. The van der Waals surface area contributed by atoms with E-state index in [2.05, 4.69) is 6.07 Å². The van der Waals surface area contributed by atoms with Gasteiger partial charge in [-0.1, -0.05) is 11.6 Å². The Balaban J connectivity index is 2.73. The largest absolute Gasteiger partial charge is 0.289 e. The molecule has 1 nitrogen and oxygen atoms in total. The first-order valence-electron chi connectivity index (χ1n) is 4.44. The van der Waals surface area contributed by atoms with Gasteiger partial charge in [0.05, 0.1) is 0 Å². The van der Waals surface area contributed by atoms with Crippen molar-refractivity contribution >= 4 is 11.9 Å². The molecule has 0 unspecified atom stereocenters. The summed E-state index contributed by atoms with van der Waals surface area (Å²) >= 11 is 0. The zero-order chi connectivity index (χ0) is 9.59. The van der Waals surface area contributed by atoms with Gasteiger partial charge in [0.15, 0.2) is 5.78 Å². The smallest absolute Gasteiger partial charge is 0.189 e. The van der Waals surface area contributed by atoms with Crippen molar-refractivity contribution in [3.05, 3.63) is 40.0 Å². The maximum Gasteiger partial charge on any atom is 0.189 e. The molecule has 66 valence electrons. The summed E-state index contributed by atoms with van der Waals surface area (Å²) in [5, 5.41) is 0. The molecule has 13 heavy (non-hydrogen) atoms. The van der Waals surface area contributed by atoms with Crippen molar-refractivity contribution in [2.24, 2.45) is 0 Å². The second kappa shape index (κ2) is 2.56. The van der Waals surface area contributed by atoms with E-state index in [0.29, 0.717) is 0 Å². The fourth-order valence-electron chi connectivity index (χ4n) is 1.85. The topological polar surface area (TPSA) is 17.1 Å². The van der Waals surface area contributed by atoms with E-state index in [-0.39, 0.29) is 5.78 Å². The van der Waals surface area contributed by atoms with Gasteiger partial charge >= 0.3 is 0 Å². The number of Topliss-reactive ketones (excluding diaryl/α,β-unsaturated/α-hetero) is 1. The summed E-state index contributed by atoms with van der Waals surface area (Å²) in [7, 11) is 0. The molecule has 1 aromatic carbocycles. The van der Waals surface area contributed by atoms with Crippen LogP contribution in [0.15, 0.2) is 17.7 Å². The van der Waals surface area contributed by atoms with Gasteiger partial charge in [-0.15, -0.1) is 0 Å². The van der Waals surface area contributed by atoms with Crippen LogP contribution in [0.1, 0.15) is 34.0 Å². The molecule has 0 saturated heterocycles. The number of rotatable bonds is 0. The first-order chi connectivity index (χ1) is 6.09. The summed E-state index contributed by atoms with van der Waals surface area (Å²) < 4.78 is 0. The summed E-state index contributed by atoms with van der Waals surface area (Å²) in [5.41, 5.74) is 5.18. The number of benzene rings is 1. The van der Waals surface area contributed by atoms with Gasteiger partial charge < -0.3 is 0 Å². The Morgan fingerprint density at radius 2 is 1.77 bits per heavy atom. The molecule has 0 N–H and O–H groups in total. The second-order valence-corrected chi connectivity index (χ2v) is 3.70. The Hall–Kier alpha value is -1.37. The predicted molar refractivity (Wildman–Crippen MR) is 53.9 cm³/mol. The standard InChI is InChI=1S/C12H12O/c1-7-4-8(2)10-6-9(3)12(13)11(10)5-7/h4-6H,1-3H3. The highest BCUT2D eigenvalue weighted by atomic mass is 16.1. The van der Waals surface area contributed by atoms with Crippen LogP contribution in [0.25, 0.3) is 6.08 Å². The van der Waals surface area contributed by atoms with Crippen molar-refractivity contribution in [2.45, 2.75) is 20.8 Å². The molecular weight excluding hydrogens is 160 g/mol. The fraction of sp³-hybridized carbons (Fsp3) is 0.250. The number of ketones is 1. The van der Waals surface area contributed by atoms with Gasteiger partial charge in [0.25, 0.3) is 0 Å². The van der Waals surface area contributed by atoms with Crippen LogP contribution in [0.4, 0.5) is 0 Å². The first-order valence-corrected chi connectivity index (χ1v) is 4.44. The van der Waals surface area contributed by atoms with Crippen LogP contribution in [0.3, 0.4) is 0 Å². The molecule has 0 fully saturated rings. The van der Waals surface area contributed by atoms with Crippen LogP contribution >= 0.6 is 0 Å². The molecule has 2 rings (SSSR count). The van der Waals surface area contributed by atoms with E-state index < -0.39 is 0 Å². The molecule has 0 saturated carbocycles. The van der Waals surface area contributed by atoms with Crippen LogP contribution in [0.2, 0.25) is 0 Å². The Kier molecular flexibility index (Phi) is 1.62. The lowest BCUT2D eigenvalue weighted by molar-refractivity contribution is 0.103. The minimum absolute atomic E-state index is 0.182. The van der Waals surface area contributed by atoms with E-state index in [1.807, 2.05) is 32.9 Å². The van der Waals surface area contributed by atoms with Crippen molar-refractivity contribution in [3.8, 4) is 0 Å². The molecular formula is C12H12O. The summed E-state index contributed by atoms with van der Waals surface area (Å²) in [4.78, 5) is 11.6. The lowest BCUT2D eigenvalue weighted by Gasteiger charge is -2.03. The predicted octanol–water partition coefficient (Wildman–Crippen LogP) is 2.90. The van der Waals surface area contributed by atoms with E-state index in [0.717, 1.165) is 22.3 Å². The normalized spacial score (nSPS) is 14.4. The Morgan fingerprint density at radius 3 is 2.46 bits per heavy atom. The number of fused-ring (bicyclic) bond motifs is 1. The number of hydrogen-bond acceptors (Lipinski definition) is 1. The molecule has 1 aromatic rings. The first kappa shape index (κ1) is 8.24. The van der Waals surface area contributed by atoms with E-state index in [1.165, 1.54) is 5.56 Å². The Bertz CT molecular complexity index is 425. The van der Waals surface area contributed by atoms with Crippen LogP contribution in [-0.4, -0.2) is 5.78 Å². The highest BCUT2D eigenvalue weighted by Gasteiger charge is 2.20. The molecule has 1 aliphatic rings. The minimum atomic E-state index is 0.182. The van der Waals surface area contributed by atoms with Crippen molar-refractivity contribution in [1.29, 1.82) is 0 Å². The van der Waals surface area contributed by atoms with Gasteiger partial charge in [-0.3, -0.25) is 4.79 Å². The molecule has 0 spiro atoms. The summed E-state index contributed by atoms with van der Waals surface area (Å²) in [6, 6.07) is 4.08.